The number of benzene rings is 2. The molecule has 3 aromatic rings. The second-order valence-electron chi connectivity index (χ2n) is 6.47. The predicted octanol–water partition coefficient (Wildman–Crippen LogP) is 2.72. The van der Waals surface area contributed by atoms with Gasteiger partial charge in [0.15, 0.2) is 0 Å². The Balaban J connectivity index is 1.52. The number of aromatic nitrogens is 2. The van der Waals surface area contributed by atoms with E-state index in [-0.39, 0.29) is 18.1 Å². The molecule has 3 rings (SSSR count). The molecule has 0 saturated carbocycles. The van der Waals surface area contributed by atoms with Gasteiger partial charge in [-0.05, 0) is 50.1 Å². The Morgan fingerprint density at radius 3 is 2.52 bits per heavy atom. The molecule has 142 valence electrons. The maximum atomic E-state index is 12.5. The van der Waals surface area contributed by atoms with Crippen LogP contribution in [0.2, 0.25) is 0 Å². The number of hydrogen-bond donors (Lipinski definition) is 1. The molecule has 0 radical (unpaired) electrons. The average molecular weight is 367 g/mol. The third-order valence-electron chi connectivity index (χ3n) is 4.44. The molecule has 0 saturated heterocycles. The number of para-hydroxylation sites is 2. The summed E-state index contributed by atoms with van der Waals surface area (Å²) >= 11 is 0. The van der Waals surface area contributed by atoms with Crippen molar-refractivity contribution in [2.24, 2.45) is 0 Å². The molecule has 0 aliphatic carbocycles. The number of imidazole rings is 1. The molecule has 0 fully saturated rings. The number of amides is 1. The van der Waals surface area contributed by atoms with Gasteiger partial charge < -0.3 is 10.1 Å². The van der Waals surface area contributed by atoms with Crippen LogP contribution in [0.5, 0.6) is 5.75 Å². The smallest absolute Gasteiger partial charge is 0.329 e. The normalized spacial score (nSPS) is 10.9. The number of ether oxygens (including phenoxy) is 1. The maximum Gasteiger partial charge on any atom is 0.329 e. The van der Waals surface area contributed by atoms with E-state index in [4.69, 9.17) is 4.74 Å². The van der Waals surface area contributed by atoms with Crippen LogP contribution in [0.3, 0.4) is 0 Å². The van der Waals surface area contributed by atoms with E-state index in [0.29, 0.717) is 26.1 Å². The van der Waals surface area contributed by atoms with Gasteiger partial charge in [0.25, 0.3) is 0 Å². The van der Waals surface area contributed by atoms with Crippen LogP contribution in [0.15, 0.2) is 53.3 Å². The van der Waals surface area contributed by atoms with Crippen molar-refractivity contribution >= 4 is 16.9 Å². The van der Waals surface area contributed by atoms with Gasteiger partial charge in [0, 0.05) is 13.1 Å². The number of carbonyl (C=O) groups is 1. The van der Waals surface area contributed by atoms with Gasteiger partial charge in [-0.3, -0.25) is 13.9 Å². The summed E-state index contributed by atoms with van der Waals surface area (Å²) in [6.45, 7) is 5.57. The highest BCUT2D eigenvalue weighted by atomic mass is 16.5. The Morgan fingerprint density at radius 1 is 1.07 bits per heavy atom. The highest BCUT2D eigenvalue weighted by molar-refractivity contribution is 5.80. The Bertz CT molecular complexity index is 988. The number of fused-ring (bicyclic) bond motifs is 1. The Kier molecular flexibility index (Phi) is 5.96. The van der Waals surface area contributed by atoms with E-state index in [2.05, 4.69) is 5.32 Å². The van der Waals surface area contributed by atoms with Gasteiger partial charge >= 0.3 is 5.69 Å². The second kappa shape index (κ2) is 8.58. The molecule has 0 atom stereocenters. The molecule has 0 unspecified atom stereocenters. The summed E-state index contributed by atoms with van der Waals surface area (Å²) in [5.74, 6) is 0.659. The van der Waals surface area contributed by atoms with Crippen LogP contribution in [0.1, 0.15) is 18.9 Å². The molecule has 0 bridgehead atoms. The topological polar surface area (TPSA) is 65.3 Å². The SMILES string of the molecule is CCn1c(=O)n(CC(=O)NCCCOc2cccc(C)c2)c2ccccc21. The van der Waals surface area contributed by atoms with E-state index in [9.17, 15) is 9.59 Å². The van der Waals surface area contributed by atoms with Crippen LogP contribution in [0, 0.1) is 6.92 Å². The van der Waals surface area contributed by atoms with Gasteiger partial charge in [-0.25, -0.2) is 4.79 Å². The third kappa shape index (κ3) is 4.39. The molecular weight excluding hydrogens is 342 g/mol. The highest BCUT2D eigenvalue weighted by Gasteiger charge is 2.13. The molecule has 27 heavy (non-hydrogen) atoms. The summed E-state index contributed by atoms with van der Waals surface area (Å²) < 4.78 is 8.88. The standard InChI is InChI=1S/C21H25N3O3/c1-3-23-18-10-4-5-11-19(18)24(21(23)26)15-20(25)22-12-7-13-27-17-9-6-8-16(2)14-17/h4-6,8-11,14H,3,7,12-13,15H2,1-2H3,(H,22,25). The molecule has 1 amide bonds. The van der Waals surface area contributed by atoms with Crippen LogP contribution < -0.4 is 15.7 Å². The fourth-order valence-electron chi connectivity index (χ4n) is 3.13. The zero-order chi connectivity index (χ0) is 19.2. The number of rotatable bonds is 8. The van der Waals surface area contributed by atoms with Crippen molar-refractivity contribution in [3.05, 3.63) is 64.6 Å². The lowest BCUT2D eigenvalue weighted by Crippen LogP contribution is -2.33. The molecule has 0 aliphatic rings. The lowest BCUT2D eigenvalue weighted by molar-refractivity contribution is -0.121. The van der Waals surface area contributed by atoms with E-state index in [1.54, 1.807) is 4.57 Å². The van der Waals surface area contributed by atoms with Gasteiger partial charge in [-0.15, -0.1) is 0 Å². The summed E-state index contributed by atoms with van der Waals surface area (Å²) in [5.41, 5.74) is 2.63. The van der Waals surface area contributed by atoms with Crippen molar-refractivity contribution in [2.75, 3.05) is 13.2 Å². The van der Waals surface area contributed by atoms with Crippen LogP contribution in [-0.2, 0) is 17.9 Å². The maximum absolute atomic E-state index is 12.5. The van der Waals surface area contributed by atoms with Crippen molar-refractivity contribution in [3.8, 4) is 5.75 Å². The summed E-state index contributed by atoms with van der Waals surface area (Å²) in [7, 11) is 0. The van der Waals surface area contributed by atoms with E-state index >= 15 is 0 Å². The zero-order valence-electron chi connectivity index (χ0n) is 15.8. The predicted molar refractivity (Wildman–Crippen MR) is 106 cm³/mol. The fraction of sp³-hybridized carbons (Fsp3) is 0.333. The number of hydrogen-bond acceptors (Lipinski definition) is 3. The zero-order valence-corrected chi connectivity index (χ0v) is 15.8. The van der Waals surface area contributed by atoms with Crippen molar-refractivity contribution in [1.29, 1.82) is 0 Å². The van der Waals surface area contributed by atoms with Crippen LogP contribution in [-0.4, -0.2) is 28.2 Å². The Hall–Kier alpha value is -3.02. The first kappa shape index (κ1) is 18.8. The molecule has 0 aliphatic heterocycles. The lowest BCUT2D eigenvalue weighted by Gasteiger charge is -2.08. The molecule has 2 aromatic carbocycles. The lowest BCUT2D eigenvalue weighted by atomic mass is 10.2. The first-order valence-electron chi connectivity index (χ1n) is 9.24. The van der Waals surface area contributed by atoms with E-state index < -0.39 is 0 Å². The number of aryl methyl sites for hydroxylation is 2. The van der Waals surface area contributed by atoms with E-state index in [1.165, 1.54) is 4.57 Å². The minimum absolute atomic E-state index is 0.0189. The highest BCUT2D eigenvalue weighted by Crippen LogP contribution is 2.13. The van der Waals surface area contributed by atoms with Crippen LogP contribution in [0.25, 0.3) is 11.0 Å². The van der Waals surface area contributed by atoms with Crippen molar-refractivity contribution in [1.82, 2.24) is 14.5 Å². The third-order valence-corrected chi connectivity index (χ3v) is 4.44. The van der Waals surface area contributed by atoms with Gasteiger partial charge in [0.05, 0.1) is 17.6 Å². The van der Waals surface area contributed by atoms with Crippen molar-refractivity contribution in [3.63, 3.8) is 0 Å². The van der Waals surface area contributed by atoms with Crippen molar-refractivity contribution < 1.29 is 9.53 Å². The summed E-state index contributed by atoms with van der Waals surface area (Å²) in [6, 6.07) is 15.4. The summed E-state index contributed by atoms with van der Waals surface area (Å²) in [4.78, 5) is 24.8. The Labute approximate surface area is 158 Å². The second-order valence-corrected chi connectivity index (χ2v) is 6.47. The number of carbonyl (C=O) groups excluding carboxylic acids is 1. The van der Waals surface area contributed by atoms with E-state index in [0.717, 1.165) is 22.3 Å². The van der Waals surface area contributed by atoms with Gasteiger partial charge in [-0.1, -0.05) is 24.3 Å². The van der Waals surface area contributed by atoms with Gasteiger partial charge in [0.1, 0.15) is 12.3 Å². The summed E-state index contributed by atoms with van der Waals surface area (Å²) in [5, 5.41) is 2.86. The molecule has 0 spiro atoms. The molecule has 6 heteroatoms. The van der Waals surface area contributed by atoms with Gasteiger partial charge in [0.2, 0.25) is 5.91 Å². The number of nitrogens with one attached hydrogen (secondary N) is 1. The van der Waals surface area contributed by atoms with Gasteiger partial charge in [-0.2, -0.15) is 0 Å². The first-order chi connectivity index (χ1) is 13.1. The molecule has 1 N–H and O–H groups in total. The van der Waals surface area contributed by atoms with Crippen LogP contribution >= 0.6 is 0 Å². The average Bonchev–Trinajstić information content (AvgIpc) is 2.93. The molecular formula is C21H25N3O3. The first-order valence-corrected chi connectivity index (χ1v) is 9.24. The minimum atomic E-state index is -0.174. The molecule has 1 heterocycles. The largest absolute Gasteiger partial charge is 0.494 e. The van der Waals surface area contributed by atoms with Crippen LogP contribution in [0.4, 0.5) is 0 Å². The minimum Gasteiger partial charge on any atom is -0.494 e. The fourth-order valence-corrected chi connectivity index (χ4v) is 3.13. The monoisotopic (exact) mass is 367 g/mol. The van der Waals surface area contributed by atoms with E-state index in [1.807, 2.05) is 62.4 Å². The molecule has 6 nitrogen and oxygen atoms in total. The summed E-state index contributed by atoms with van der Waals surface area (Å²) in [6.07, 6.45) is 0.700. The number of nitrogens with zero attached hydrogens (tertiary/aromatic N) is 2. The molecule has 1 aromatic heterocycles. The quantitative estimate of drug-likeness (QED) is 0.623. The van der Waals surface area contributed by atoms with Crippen molar-refractivity contribution in [2.45, 2.75) is 33.4 Å². The Morgan fingerprint density at radius 2 is 1.81 bits per heavy atom.